The van der Waals surface area contributed by atoms with Gasteiger partial charge in [-0.25, -0.2) is 0 Å². The van der Waals surface area contributed by atoms with E-state index in [9.17, 15) is 0 Å². The van der Waals surface area contributed by atoms with Crippen LogP contribution in [0.3, 0.4) is 0 Å². The molecule has 0 fully saturated rings. The number of nitrogens with zero attached hydrogens (tertiary/aromatic N) is 1. The highest BCUT2D eigenvalue weighted by Crippen LogP contribution is 2.26. The Morgan fingerprint density at radius 2 is 2.50 bits per heavy atom. The van der Waals surface area contributed by atoms with Crippen molar-refractivity contribution >= 4 is 11.8 Å². The van der Waals surface area contributed by atoms with Crippen molar-refractivity contribution < 1.29 is 0 Å². The van der Waals surface area contributed by atoms with Gasteiger partial charge < -0.3 is 10.6 Å². The standard InChI is InChI=1S/C5H10N2S/c1-4-3-7(2)5(6)8-4/h3,5H,6H2,1-2H3. The first kappa shape index (κ1) is 5.98. The van der Waals surface area contributed by atoms with Crippen LogP contribution in [-0.2, 0) is 0 Å². The highest BCUT2D eigenvalue weighted by atomic mass is 32.2. The Morgan fingerprint density at radius 3 is 2.62 bits per heavy atom. The lowest BCUT2D eigenvalue weighted by Gasteiger charge is -2.12. The molecule has 0 amide bonds. The molecule has 1 aliphatic rings. The lowest BCUT2D eigenvalue weighted by atomic mass is 10.6. The second-order valence-corrected chi connectivity index (χ2v) is 3.28. The van der Waals surface area contributed by atoms with E-state index in [2.05, 4.69) is 13.1 Å². The second kappa shape index (κ2) is 1.99. The summed E-state index contributed by atoms with van der Waals surface area (Å²) in [7, 11) is 1.98. The van der Waals surface area contributed by atoms with Gasteiger partial charge in [-0.15, -0.1) is 0 Å². The van der Waals surface area contributed by atoms with Crippen LogP contribution in [0.25, 0.3) is 0 Å². The highest BCUT2D eigenvalue weighted by Gasteiger charge is 2.13. The number of nitrogens with two attached hydrogens (primary N) is 1. The summed E-state index contributed by atoms with van der Waals surface area (Å²) in [5.41, 5.74) is 5.75. The SMILES string of the molecule is CC1=CN(C)C(N)S1. The van der Waals surface area contributed by atoms with Crippen molar-refractivity contribution in [2.75, 3.05) is 7.05 Å². The minimum Gasteiger partial charge on any atom is -0.356 e. The molecule has 46 valence electrons. The van der Waals surface area contributed by atoms with Crippen LogP contribution in [-0.4, -0.2) is 17.4 Å². The summed E-state index contributed by atoms with van der Waals surface area (Å²) in [6, 6.07) is 0. The van der Waals surface area contributed by atoms with E-state index in [4.69, 9.17) is 5.73 Å². The van der Waals surface area contributed by atoms with Gasteiger partial charge in [0.1, 0.15) is 5.50 Å². The first-order chi connectivity index (χ1) is 3.70. The first-order valence-electron chi connectivity index (χ1n) is 2.53. The van der Waals surface area contributed by atoms with E-state index in [0.717, 1.165) is 0 Å². The quantitative estimate of drug-likeness (QED) is 0.525. The van der Waals surface area contributed by atoms with E-state index in [1.165, 1.54) is 4.91 Å². The average molecular weight is 130 g/mol. The van der Waals surface area contributed by atoms with E-state index < -0.39 is 0 Å². The Labute approximate surface area is 53.7 Å². The largest absolute Gasteiger partial charge is 0.356 e. The Balaban J connectivity index is 2.56. The number of hydrogen-bond donors (Lipinski definition) is 1. The molecule has 0 saturated heterocycles. The van der Waals surface area contributed by atoms with Crippen LogP contribution in [0.2, 0.25) is 0 Å². The smallest absolute Gasteiger partial charge is 0.129 e. The molecule has 0 aromatic rings. The third-order valence-electron chi connectivity index (χ3n) is 1.09. The molecule has 2 N–H and O–H groups in total. The molecule has 0 aromatic carbocycles. The van der Waals surface area contributed by atoms with Gasteiger partial charge in [0.15, 0.2) is 0 Å². The molecule has 3 heteroatoms. The van der Waals surface area contributed by atoms with Crippen LogP contribution in [0.15, 0.2) is 11.1 Å². The first-order valence-corrected chi connectivity index (χ1v) is 3.41. The molecule has 1 rings (SSSR count). The van der Waals surface area contributed by atoms with Crippen molar-refractivity contribution in [1.82, 2.24) is 4.90 Å². The van der Waals surface area contributed by atoms with Crippen molar-refractivity contribution in [3.05, 3.63) is 11.1 Å². The molecule has 0 saturated carbocycles. The summed E-state index contributed by atoms with van der Waals surface area (Å²) >= 11 is 1.69. The predicted octanol–water partition coefficient (Wildman–Crippen LogP) is 0.769. The minimum atomic E-state index is 0.148. The van der Waals surface area contributed by atoms with Gasteiger partial charge in [0.25, 0.3) is 0 Å². The van der Waals surface area contributed by atoms with Gasteiger partial charge in [0.05, 0.1) is 0 Å². The van der Waals surface area contributed by atoms with E-state index >= 15 is 0 Å². The molecule has 2 nitrogen and oxygen atoms in total. The number of hydrogen-bond acceptors (Lipinski definition) is 3. The summed E-state index contributed by atoms with van der Waals surface area (Å²) in [5.74, 6) is 0. The maximum Gasteiger partial charge on any atom is 0.129 e. The molecule has 8 heavy (non-hydrogen) atoms. The maximum absolute atomic E-state index is 5.61. The van der Waals surface area contributed by atoms with Gasteiger partial charge in [0, 0.05) is 18.2 Å². The Bertz CT molecular complexity index is 122. The summed E-state index contributed by atoms with van der Waals surface area (Å²) in [5, 5.41) is 0. The average Bonchev–Trinajstić information content (AvgIpc) is 1.85. The number of thioether (sulfide) groups is 1. The molecule has 1 unspecified atom stereocenters. The van der Waals surface area contributed by atoms with E-state index in [1.54, 1.807) is 11.8 Å². The molecule has 1 aliphatic heterocycles. The molecular weight excluding hydrogens is 120 g/mol. The molecule has 0 bridgehead atoms. The van der Waals surface area contributed by atoms with E-state index in [1.807, 2.05) is 11.9 Å². The Kier molecular flexibility index (Phi) is 1.49. The third kappa shape index (κ3) is 0.980. The van der Waals surface area contributed by atoms with Gasteiger partial charge in [-0.1, -0.05) is 11.8 Å². The van der Waals surface area contributed by atoms with E-state index in [0.29, 0.717) is 0 Å². The van der Waals surface area contributed by atoms with Gasteiger partial charge in [0.2, 0.25) is 0 Å². The van der Waals surface area contributed by atoms with Crippen molar-refractivity contribution in [2.24, 2.45) is 5.73 Å². The van der Waals surface area contributed by atoms with Crippen LogP contribution < -0.4 is 5.73 Å². The fourth-order valence-electron chi connectivity index (χ4n) is 0.664. The van der Waals surface area contributed by atoms with Crippen molar-refractivity contribution in [3.63, 3.8) is 0 Å². The molecule has 0 aromatic heterocycles. The van der Waals surface area contributed by atoms with Gasteiger partial charge in [-0.05, 0) is 6.92 Å². The summed E-state index contributed by atoms with van der Waals surface area (Å²) in [4.78, 5) is 3.29. The van der Waals surface area contributed by atoms with Crippen molar-refractivity contribution in [3.8, 4) is 0 Å². The summed E-state index contributed by atoms with van der Waals surface area (Å²) in [6.07, 6.45) is 2.05. The van der Waals surface area contributed by atoms with Crippen molar-refractivity contribution in [1.29, 1.82) is 0 Å². The van der Waals surface area contributed by atoms with Crippen LogP contribution in [0, 0.1) is 0 Å². The second-order valence-electron chi connectivity index (χ2n) is 1.91. The predicted molar refractivity (Wildman–Crippen MR) is 37.1 cm³/mol. The molecular formula is C5H10N2S. The Hall–Kier alpha value is -0.150. The van der Waals surface area contributed by atoms with Gasteiger partial charge >= 0.3 is 0 Å². The molecule has 1 heterocycles. The summed E-state index contributed by atoms with van der Waals surface area (Å²) in [6.45, 7) is 2.06. The highest BCUT2D eigenvalue weighted by molar-refractivity contribution is 8.03. The van der Waals surface area contributed by atoms with Crippen LogP contribution >= 0.6 is 11.8 Å². The molecule has 0 radical (unpaired) electrons. The summed E-state index contributed by atoms with van der Waals surface area (Å²) < 4.78 is 0. The van der Waals surface area contributed by atoms with E-state index in [-0.39, 0.29) is 5.50 Å². The van der Waals surface area contributed by atoms with Crippen molar-refractivity contribution in [2.45, 2.75) is 12.4 Å². The normalized spacial score (nSPS) is 28.6. The zero-order valence-corrected chi connectivity index (χ0v) is 5.90. The fourth-order valence-corrected chi connectivity index (χ4v) is 1.50. The fraction of sp³-hybridized carbons (Fsp3) is 0.600. The lowest BCUT2D eigenvalue weighted by Crippen LogP contribution is -2.28. The molecule has 1 atom stereocenters. The Morgan fingerprint density at radius 1 is 1.88 bits per heavy atom. The topological polar surface area (TPSA) is 29.3 Å². The zero-order valence-electron chi connectivity index (χ0n) is 5.09. The minimum absolute atomic E-state index is 0.148. The number of allylic oxidation sites excluding steroid dienone is 1. The maximum atomic E-state index is 5.61. The zero-order chi connectivity index (χ0) is 6.15. The van der Waals surface area contributed by atoms with Gasteiger partial charge in [-0.3, -0.25) is 0 Å². The monoisotopic (exact) mass is 130 g/mol. The lowest BCUT2D eigenvalue weighted by molar-refractivity contribution is 0.445. The van der Waals surface area contributed by atoms with Crippen LogP contribution in [0.1, 0.15) is 6.92 Å². The van der Waals surface area contributed by atoms with Crippen LogP contribution in [0.5, 0.6) is 0 Å². The number of rotatable bonds is 0. The van der Waals surface area contributed by atoms with Crippen LogP contribution in [0.4, 0.5) is 0 Å². The third-order valence-corrected chi connectivity index (χ3v) is 2.14. The molecule has 0 aliphatic carbocycles. The molecule has 0 spiro atoms. The van der Waals surface area contributed by atoms with Gasteiger partial charge in [-0.2, -0.15) is 0 Å².